The SMILES string of the molecule is CCCCCN(CC(=O)Nc1c(C)nn(C)c1C)Cc1ccc(F)cc1. The topological polar surface area (TPSA) is 50.2 Å². The van der Waals surface area contributed by atoms with Gasteiger partial charge in [0, 0.05) is 13.6 Å². The second-order valence-corrected chi connectivity index (χ2v) is 6.76. The van der Waals surface area contributed by atoms with Gasteiger partial charge in [-0.15, -0.1) is 0 Å². The number of anilines is 1. The number of hydrogen-bond acceptors (Lipinski definition) is 3. The van der Waals surface area contributed by atoms with Crippen molar-refractivity contribution < 1.29 is 9.18 Å². The summed E-state index contributed by atoms with van der Waals surface area (Å²) >= 11 is 0. The number of aryl methyl sites for hydroxylation is 2. The lowest BCUT2D eigenvalue weighted by atomic mass is 10.2. The van der Waals surface area contributed by atoms with E-state index in [9.17, 15) is 9.18 Å². The Balaban J connectivity index is 2.02. The van der Waals surface area contributed by atoms with Gasteiger partial charge >= 0.3 is 0 Å². The standard InChI is InChI=1S/C20H29FN4O/c1-5-6-7-12-25(13-17-8-10-18(21)11-9-17)14-19(26)22-20-15(2)23-24(4)16(20)3/h8-11H,5-7,12-14H2,1-4H3,(H,22,26). The number of nitrogens with one attached hydrogen (secondary N) is 1. The number of carbonyl (C=O) groups is 1. The molecule has 2 rings (SSSR count). The number of aromatic nitrogens is 2. The first-order valence-corrected chi connectivity index (χ1v) is 9.17. The molecule has 0 saturated carbocycles. The number of hydrogen-bond donors (Lipinski definition) is 1. The molecule has 142 valence electrons. The molecule has 0 atom stereocenters. The molecule has 1 amide bonds. The van der Waals surface area contributed by atoms with Gasteiger partial charge in [-0.25, -0.2) is 4.39 Å². The Kier molecular flexibility index (Phi) is 7.33. The first kappa shape index (κ1) is 20.1. The highest BCUT2D eigenvalue weighted by Crippen LogP contribution is 2.18. The quantitative estimate of drug-likeness (QED) is 0.692. The molecule has 0 bridgehead atoms. The minimum absolute atomic E-state index is 0.0530. The number of halogens is 1. The van der Waals surface area contributed by atoms with Gasteiger partial charge in [0.1, 0.15) is 5.82 Å². The van der Waals surface area contributed by atoms with Crippen LogP contribution in [0.15, 0.2) is 24.3 Å². The summed E-state index contributed by atoms with van der Waals surface area (Å²) < 4.78 is 14.9. The van der Waals surface area contributed by atoms with Gasteiger partial charge in [0.2, 0.25) is 5.91 Å². The van der Waals surface area contributed by atoms with E-state index < -0.39 is 0 Å². The van der Waals surface area contributed by atoms with Crippen molar-refractivity contribution in [3.05, 3.63) is 47.0 Å². The molecule has 1 N–H and O–H groups in total. The maximum atomic E-state index is 13.1. The van der Waals surface area contributed by atoms with Crippen molar-refractivity contribution in [2.45, 2.75) is 46.6 Å². The summed E-state index contributed by atoms with van der Waals surface area (Å²) in [6, 6.07) is 6.47. The molecule has 2 aromatic rings. The average molecular weight is 360 g/mol. The van der Waals surface area contributed by atoms with Crippen LogP contribution < -0.4 is 5.32 Å². The van der Waals surface area contributed by atoms with Gasteiger partial charge in [-0.3, -0.25) is 14.4 Å². The number of carbonyl (C=O) groups excluding carboxylic acids is 1. The van der Waals surface area contributed by atoms with Crippen LogP contribution in [0.3, 0.4) is 0 Å². The zero-order valence-electron chi connectivity index (χ0n) is 16.2. The predicted octanol–water partition coefficient (Wildman–Crippen LogP) is 3.81. The van der Waals surface area contributed by atoms with Crippen LogP contribution in [0.25, 0.3) is 0 Å². The molecular formula is C20H29FN4O. The van der Waals surface area contributed by atoms with Crippen LogP contribution in [0.4, 0.5) is 10.1 Å². The molecule has 0 aliphatic rings. The number of unbranched alkanes of at least 4 members (excludes halogenated alkanes) is 2. The second-order valence-electron chi connectivity index (χ2n) is 6.76. The number of rotatable bonds is 9. The van der Waals surface area contributed by atoms with Gasteiger partial charge in [0.25, 0.3) is 0 Å². The first-order valence-electron chi connectivity index (χ1n) is 9.17. The van der Waals surface area contributed by atoms with Crippen molar-refractivity contribution in [1.29, 1.82) is 0 Å². The molecule has 0 aliphatic heterocycles. The summed E-state index contributed by atoms with van der Waals surface area (Å²) in [5.41, 5.74) is 3.54. The molecule has 26 heavy (non-hydrogen) atoms. The second kappa shape index (κ2) is 9.48. The van der Waals surface area contributed by atoms with Crippen molar-refractivity contribution in [3.8, 4) is 0 Å². The molecule has 1 aromatic heterocycles. The Bertz CT molecular complexity index is 724. The molecule has 5 nitrogen and oxygen atoms in total. The molecule has 0 radical (unpaired) electrons. The highest BCUT2D eigenvalue weighted by Gasteiger charge is 2.16. The Morgan fingerprint density at radius 2 is 1.92 bits per heavy atom. The molecule has 1 heterocycles. The van der Waals surface area contributed by atoms with Gasteiger partial charge < -0.3 is 5.32 Å². The molecule has 0 fully saturated rings. The summed E-state index contributed by atoms with van der Waals surface area (Å²) in [4.78, 5) is 14.7. The van der Waals surface area contributed by atoms with E-state index in [1.165, 1.54) is 12.1 Å². The molecule has 6 heteroatoms. The van der Waals surface area contributed by atoms with E-state index in [0.29, 0.717) is 13.1 Å². The fourth-order valence-corrected chi connectivity index (χ4v) is 2.98. The van der Waals surface area contributed by atoms with Crippen molar-refractivity contribution in [2.75, 3.05) is 18.4 Å². The van der Waals surface area contributed by atoms with Gasteiger partial charge in [0.15, 0.2) is 0 Å². The predicted molar refractivity (Wildman–Crippen MR) is 103 cm³/mol. The number of benzene rings is 1. The van der Waals surface area contributed by atoms with E-state index in [2.05, 4.69) is 22.2 Å². The van der Waals surface area contributed by atoms with Crippen LogP contribution in [0.1, 0.15) is 43.1 Å². The molecule has 0 unspecified atom stereocenters. The molecular weight excluding hydrogens is 331 g/mol. The lowest BCUT2D eigenvalue weighted by molar-refractivity contribution is -0.117. The Hall–Kier alpha value is -2.21. The number of nitrogens with zero attached hydrogens (tertiary/aromatic N) is 3. The van der Waals surface area contributed by atoms with E-state index >= 15 is 0 Å². The normalized spacial score (nSPS) is 11.2. The summed E-state index contributed by atoms with van der Waals surface area (Å²) in [6.45, 7) is 7.75. The van der Waals surface area contributed by atoms with Gasteiger partial charge in [0.05, 0.1) is 23.6 Å². The van der Waals surface area contributed by atoms with Crippen LogP contribution >= 0.6 is 0 Å². The Morgan fingerprint density at radius 1 is 1.23 bits per heavy atom. The van der Waals surface area contributed by atoms with Crippen molar-refractivity contribution in [2.24, 2.45) is 7.05 Å². The smallest absolute Gasteiger partial charge is 0.238 e. The lowest BCUT2D eigenvalue weighted by Crippen LogP contribution is -2.34. The maximum absolute atomic E-state index is 13.1. The van der Waals surface area contributed by atoms with E-state index in [0.717, 1.165) is 48.4 Å². The highest BCUT2D eigenvalue weighted by atomic mass is 19.1. The molecule has 0 aliphatic carbocycles. The van der Waals surface area contributed by atoms with Gasteiger partial charge in [-0.1, -0.05) is 31.9 Å². The minimum Gasteiger partial charge on any atom is -0.322 e. The highest BCUT2D eigenvalue weighted by molar-refractivity contribution is 5.93. The molecule has 1 aromatic carbocycles. The van der Waals surface area contributed by atoms with Crippen LogP contribution in [0.2, 0.25) is 0 Å². The first-order chi connectivity index (χ1) is 12.4. The zero-order valence-corrected chi connectivity index (χ0v) is 16.2. The summed E-state index contributed by atoms with van der Waals surface area (Å²) in [7, 11) is 1.86. The minimum atomic E-state index is -0.244. The fourth-order valence-electron chi connectivity index (χ4n) is 2.98. The van der Waals surface area contributed by atoms with E-state index in [-0.39, 0.29) is 11.7 Å². The van der Waals surface area contributed by atoms with E-state index in [1.54, 1.807) is 16.8 Å². The van der Waals surface area contributed by atoms with Gasteiger partial charge in [-0.2, -0.15) is 5.10 Å². The summed E-state index contributed by atoms with van der Waals surface area (Å²) in [5, 5.41) is 7.32. The monoisotopic (exact) mass is 360 g/mol. The Morgan fingerprint density at radius 3 is 2.50 bits per heavy atom. The van der Waals surface area contributed by atoms with E-state index in [4.69, 9.17) is 0 Å². The zero-order chi connectivity index (χ0) is 19.1. The fraction of sp³-hybridized carbons (Fsp3) is 0.500. The third kappa shape index (κ3) is 5.66. The van der Waals surface area contributed by atoms with Crippen molar-refractivity contribution >= 4 is 11.6 Å². The lowest BCUT2D eigenvalue weighted by Gasteiger charge is -2.22. The van der Waals surface area contributed by atoms with Gasteiger partial charge in [-0.05, 0) is 44.5 Å². The number of amides is 1. The largest absolute Gasteiger partial charge is 0.322 e. The summed E-state index contributed by atoms with van der Waals surface area (Å²) in [6.07, 6.45) is 3.29. The molecule has 0 saturated heterocycles. The average Bonchev–Trinajstić information content (AvgIpc) is 2.83. The van der Waals surface area contributed by atoms with E-state index in [1.807, 2.05) is 20.9 Å². The molecule has 0 spiro atoms. The Labute approximate surface area is 155 Å². The van der Waals surface area contributed by atoms with Crippen LogP contribution in [0.5, 0.6) is 0 Å². The van der Waals surface area contributed by atoms with Crippen molar-refractivity contribution in [1.82, 2.24) is 14.7 Å². The van der Waals surface area contributed by atoms with Crippen LogP contribution in [-0.4, -0.2) is 33.7 Å². The van der Waals surface area contributed by atoms with Crippen molar-refractivity contribution in [3.63, 3.8) is 0 Å². The third-order valence-corrected chi connectivity index (χ3v) is 4.54. The van der Waals surface area contributed by atoms with Crippen LogP contribution in [-0.2, 0) is 18.4 Å². The third-order valence-electron chi connectivity index (χ3n) is 4.54. The van der Waals surface area contributed by atoms with Crippen LogP contribution in [0, 0.1) is 19.7 Å². The summed E-state index contributed by atoms with van der Waals surface area (Å²) in [5.74, 6) is -0.297. The maximum Gasteiger partial charge on any atom is 0.238 e.